The van der Waals surface area contributed by atoms with Crippen LogP contribution in [0.3, 0.4) is 0 Å². The van der Waals surface area contributed by atoms with E-state index in [1.165, 1.54) is 10.5 Å². The quantitative estimate of drug-likeness (QED) is 0.489. The van der Waals surface area contributed by atoms with Crippen molar-refractivity contribution in [3.63, 3.8) is 0 Å². The van der Waals surface area contributed by atoms with E-state index in [2.05, 4.69) is 25.1 Å². The number of pyridine rings is 1. The molecule has 3 aromatic heterocycles. The molecule has 4 heterocycles. The van der Waals surface area contributed by atoms with Crippen LogP contribution in [0.1, 0.15) is 5.89 Å². The third-order valence-electron chi connectivity index (χ3n) is 5.29. The summed E-state index contributed by atoms with van der Waals surface area (Å²) in [5.41, 5.74) is 1.25. The van der Waals surface area contributed by atoms with Gasteiger partial charge in [-0.25, -0.2) is 13.4 Å². The Bertz CT molecular complexity index is 1330. The number of hydrogen-bond donors (Lipinski definition) is 1. The molecule has 1 aliphatic heterocycles. The van der Waals surface area contributed by atoms with Crippen molar-refractivity contribution in [2.24, 2.45) is 0 Å². The second kappa shape index (κ2) is 8.04. The van der Waals surface area contributed by atoms with Crippen LogP contribution in [0, 0.1) is 0 Å². The minimum absolute atomic E-state index is 0.255. The third-order valence-corrected chi connectivity index (χ3v) is 7.56. The number of fused-ring (bicyclic) bond motifs is 1. The minimum Gasteiger partial charge on any atom is -0.419 e. The van der Waals surface area contributed by atoms with Gasteiger partial charge in [-0.2, -0.15) is 4.31 Å². The van der Waals surface area contributed by atoms with E-state index in [-0.39, 0.29) is 4.90 Å². The molecule has 4 aromatic rings. The maximum Gasteiger partial charge on any atom is 0.249 e. The lowest BCUT2D eigenvalue weighted by atomic mass is 10.2. The Labute approximate surface area is 183 Å². The molecule has 1 aromatic carbocycles. The molecule has 0 bridgehead atoms. The van der Waals surface area contributed by atoms with Gasteiger partial charge in [-0.1, -0.05) is 23.7 Å². The molecule has 0 aliphatic carbocycles. The molecule has 160 valence electrons. The zero-order chi connectivity index (χ0) is 21.4. The zero-order valence-corrected chi connectivity index (χ0v) is 18.0. The SMILES string of the molecule is O=S(=O)(c1c[nH]c2ncccc12)N1CCN(Cc2nnc(-c3ccccc3Cl)o2)CC1. The third kappa shape index (κ3) is 3.83. The highest BCUT2D eigenvalue weighted by molar-refractivity contribution is 7.89. The summed E-state index contributed by atoms with van der Waals surface area (Å²) in [6, 6.07) is 10.8. The fourth-order valence-electron chi connectivity index (χ4n) is 3.66. The van der Waals surface area contributed by atoms with Gasteiger partial charge in [-0.15, -0.1) is 10.2 Å². The number of aromatic nitrogens is 4. The molecule has 0 amide bonds. The Morgan fingerprint density at radius 1 is 1.06 bits per heavy atom. The summed E-state index contributed by atoms with van der Waals surface area (Å²) in [5.74, 6) is 0.837. The van der Waals surface area contributed by atoms with E-state index >= 15 is 0 Å². The lowest BCUT2D eigenvalue weighted by molar-refractivity contribution is 0.168. The highest BCUT2D eigenvalue weighted by atomic mass is 35.5. The van der Waals surface area contributed by atoms with E-state index in [0.717, 1.165) is 0 Å². The maximum atomic E-state index is 13.1. The molecule has 5 rings (SSSR count). The molecule has 1 fully saturated rings. The summed E-state index contributed by atoms with van der Waals surface area (Å²) < 4.78 is 33.5. The normalized spacial score (nSPS) is 16.2. The Hall–Kier alpha value is -2.79. The molecule has 0 spiro atoms. The van der Waals surface area contributed by atoms with Crippen LogP contribution in [0.4, 0.5) is 0 Å². The van der Waals surface area contributed by atoms with Gasteiger partial charge in [0.1, 0.15) is 10.5 Å². The molecule has 1 saturated heterocycles. The Balaban J connectivity index is 1.25. The van der Waals surface area contributed by atoms with E-state index in [1.54, 1.807) is 24.4 Å². The van der Waals surface area contributed by atoms with Crippen molar-refractivity contribution < 1.29 is 12.8 Å². The molecule has 31 heavy (non-hydrogen) atoms. The van der Waals surface area contributed by atoms with Crippen LogP contribution in [-0.2, 0) is 16.6 Å². The van der Waals surface area contributed by atoms with Gasteiger partial charge in [0.25, 0.3) is 0 Å². The molecule has 0 unspecified atom stereocenters. The molecule has 11 heteroatoms. The number of hydrogen-bond acceptors (Lipinski definition) is 7. The van der Waals surface area contributed by atoms with Crippen LogP contribution < -0.4 is 0 Å². The van der Waals surface area contributed by atoms with Crippen molar-refractivity contribution in [1.29, 1.82) is 0 Å². The molecule has 0 atom stereocenters. The smallest absolute Gasteiger partial charge is 0.249 e. The van der Waals surface area contributed by atoms with Crippen LogP contribution >= 0.6 is 11.6 Å². The topological polar surface area (TPSA) is 108 Å². The van der Waals surface area contributed by atoms with Crippen molar-refractivity contribution >= 4 is 32.7 Å². The largest absolute Gasteiger partial charge is 0.419 e. The number of rotatable bonds is 5. The monoisotopic (exact) mass is 458 g/mol. The number of H-pyrrole nitrogens is 1. The van der Waals surface area contributed by atoms with Gasteiger partial charge in [0.2, 0.25) is 21.8 Å². The van der Waals surface area contributed by atoms with Crippen LogP contribution in [-0.4, -0.2) is 64.0 Å². The summed E-state index contributed by atoms with van der Waals surface area (Å²) in [5, 5.41) is 9.34. The highest BCUT2D eigenvalue weighted by Gasteiger charge is 2.31. The molecular formula is C20H19ClN6O3S. The first-order chi connectivity index (χ1) is 15.0. The van der Waals surface area contributed by atoms with Crippen LogP contribution in [0.25, 0.3) is 22.5 Å². The predicted molar refractivity (Wildman–Crippen MR) is 115 cm³/mol. The first-order valence-electron chi connectivity index (χ1n) is 9.74. The molecule has 1 N–H and O–H groups in total. The Kier molecular flexibility index (Phi) is 5.22. The summed E-state index contributed by atoms with van der Waals surface area (Å²) in [4.78, 5) is 9.45. The van der Waals surface area contributed by atoms with Gasteiger partial charge >= 0.3 is 0 Å². The molecule has 0 saturated carbocycles. The fourth-order valence-corrected chi connectivity index (χ4v) is 5.45. The maximum absolute atomic E-state index is 13.1. The van der Waals surface area contributed by atoms with Crippen molar-refractivity contribution in [2.75, 3.05) is 26.2 Å². The van der Waals surface area contributed by atoms with Gasteiger partial charge in [0.15, 0.2) is 0 Å². The standard InChI is InChI=1S/C20H19ClN6O3S/c21-16-6-2-1-4-14(16)20-25-24-18(30-20)13-26-8-10-27(11-9-26)31(28,29)17-12-23-19-15(17)5-3-7-22-19/h1-7,12H,8-11,13H2,(H,22,23). The second-order valence-corrected chi connectivity index (χ2v) is 9.53. The van der Waals surface area contributed by atoms with E-state index in [9.17, 15) is 8.42 Å². The molecular weight excluding hydrogens is 440 g/mol. The predicted octanol–water partition coefficient (Wildman–Crippen LogP) is 2.77. The van der Waals surface area contributed by atoms with Gasteiger partial charge in [0, 0.05) is 44.0 Å². The number of nitrogens with zero attached hydrogens (tertiary/aromatic N) is 5. The summed E-state index contributed by atoms with van der Waals surface area (Å²) in [6.07, 6.45) is 3.14. The number of aromatic amines is 1. The van der Waals surface area contributed by atoms with Crippen molar-refractivity contribution in [1.82, 2.24) is 29.4 Å². The van der Waals surface area contributed by atoms with E-state index in [1.807, 2.05) is 18.2 Å². The molecule has 9 nitrogen and oxygen atoms in total. The van der Waals surface area contributed by atoms with Gasteiger partial charge in [-0.3, -0.25) is 4.90 Å². The summed E-state index contributed by atoms with van der Waals surface area (Å²) in [7, 11) is -3.61. The van der Waals surface area contributed by atoms with Crippen LogP contribution in [0.15, 0.2) is 58.1 Å². The number of piperazine rings is 1. The average Bonchev–Trinajstić information content (AvgIpc) is 3.42. The Morgan fingerprint density at radius 2 is 1.87 bits per heavy atom. The average molecular weight is 459 g/mol. The van der Waals surface area contributed by atoms with Gasteiger partial charge < -0.3 is 9.40 Å². The first-order valence-corrected chi connectivity index (χ1v) is 11.6. The van der Waals surface area contributed by atoms with Crippen molar-refractivity contribution in [2.45, 2.75) is 11.4 Å². The van der Waals surface area contributed by atoms with E-state index in [4.69, 9.17) is 16.0 Å². The molecule has 0 radical (unpaired) electrons. The summed E-state index contributed by atoms with van der Waals surface area (Å²) in [6.45, 7) is 2.32. The Morgan fingerprint density at radius 3 is 2.68 bits per heavy atom. The zero-order valence-electron chi connectivity index (χ0n) is 16.4. The minimum atomic E-state index is -3.61. The van der Waals surface area contributed by atoms with Gasteiger partial charge in [-0.05, 0) is 24.3 Å². The highest BCUT2D eigenvalue weighted by Crippen LogP contribution is 2.27. The number of sulfonamides is 1. The van der Waals surface area contributed by atoms with Crippen LogP contribution in [0.5, 0.6) is 0 Å². The summed E-state index contributed by atoms with van der Waals surface area (Å²) >= 11 is 6.19. The number of halogens is 1. The fraction of sp³-hybridized carbons (Fsp3) is 0.250. The first kappa shape index (κ1) is 20.1. The van der Waals surface area contributed by atoms with Crippen molar-refractivity contribution in [3.8, 4) is 11.5 Å². The van der Waals surface area contributed by atoms with Crippen LogP contribution in [0.2, 0.25) is 5.02 Å². The van der Waals surface area contributed by atoms with Gasteiger partial charge in [0.05, 0.1) is 17.1 Å². The number of benzene rings is 1. The second-order valence-electron chi connectivity index (χ2n) is 7.21. The molecule has 1 aliphatic rings. The lowest BCUT2D eigenvalue weighted by Gasteiger charge is -2.33. The van der Waals surface area contributed by atoms with E-state index in [0.29, 0.717) is 66.1 Å². The van der Waals surface area contributed by atoms with E-state index < -0.39 is 10.0 Å². The van der Waals surface area contributed by atoms with Crippen molar-refractivity contribution in [3.05, 3.63) is 59.7 Å². The number of nitrogens with one attached hydrogen (secondary N) is 1. The lowest BCUT2D eigenvalue weighted by Crippen LogP contribution is -2.48.